The van der Waals surface area contributed by atoms with Crippen LogP contribution in [0.25, 0.3) is 42.1 Å². The molecule has 0 saturated carbocycles. The van der Waals surface area contributed by atoms with Crippen LogP contribution in [-0.4, -0.2) is 39.1 Å². The van der Waals surface area contributed by atoms with Crippen LogP contribution in [0.4, 0.5) is 0 Å². The molecule has 4 aromatic heterocycles. The van der Waals surface area contributed by atoms with Crippen LogP contribution in [0.1, 0.15) is 106 Å². The van der Waals surface area contributed by atoms with Gasteiger partial charge in [-0.25, -0.2) is 4.79 Å². The summed E-state index contributed by atoms with van der Waals surface area (Å²) in [7, 11) is 0. The second kappa shape index (κ2) is 18.0. The zero-order chi connectivity index (χ0) is 42.8. The topological polar surface area (TPSA) is 136 Å². The standard InChI is InChI=1S/C25H27NO3S.C24H25NO4S/c1-14(2)25-18-7-5-15(3)11-23(18)30-22(25)9-8-20-19-12-16(4)17(6-10-24(27)28)13-21(19)29-26-20;1-13(2)24-16-6-5-14(3)9-22(16)30-21(24)8-7-18-17-10-15(4)19(28-12-23(26)27)11-20(17)29-25-18/h5,7,11-14H,6,8-10H2,1-4H3,(H,27,28);5-6,9-11,13H,7-8,12H2,1-4H3,(H,26,27). The van der Waals surface area contributed by atoms with Crippen LogP contribution in [0.5, 0.6) is 5.75 Å². The Bertz CT molecular complexity index is 2660. The summed E-state index contributed by atoms with van der Waals surface area (Å²) < 4.78 is 19.2. The van der Waals surface area contributed by atoms with Gasteiger partial charge in [0.05, 0.1) is 11.4 Å². The average molecular weight is 845 g/mol. The zero-order valence-electron chi connectivity index (χ0n) is 35.5. The molecule has 60 heavy (non-hydrogen) atoms. The van der Waals surface area contributed by atoms with Crippen LogP contribution in [0.3, 0.4) is 0 Å². The molecule has 0 aliphatic rings. The maximum absolute atomic E-state index is 10.9. The molecule has 0 aliphatic carbocycles. The zero-order valence-corrected chi connectivity index (χ0v) is 37.2. The molecule has 0 spiro atoms. The Morgan fingerprint density at radius 1 is 0.617 bits per heavy atom. The molecule has 0 saturated heterocycles. The molecule has 0 amide bonds. The molecule has 0 fully saturated rings. The summed E-state index contributed by atoms with van der Waals surface area (Å²) in [5.74, 6) is -0.347. The number of ether oxygens (including phenoxy) is 1. The predicted octanol–water partition coefficient (Wildman–Crippen LogP) is 12.6. The molecular weight excluding hydrogens is 793 g/mol. The lowest BCUT2D eigenvalue weighted by atomic mass is 9.96. The number of aromatic nitrogens is 2. The highest BCUT2D eigenvalue weighted by Crippen LogP contribution is 2.39. The third kappa shape index (κ3) is 9.27. The maximum Gasteiger partial charge on any atom is 0.341 e. The number of thiophene rings is 2. The van der Waals surface area contributed by atoms with Crippen molar-refractivity contribution in [3.63, 3.8) is 0 Å². The lowest BCUT2D eigenvalue weighted by Gasteiger charge is -2.08. The van der Waals surface area contributed by atoms with Gasteiger partial charge in [0.15, 0.2) is 17.8 Å². The third-order valence-electron chi connectivity index (χ3n) is 11.1. The SMILES string of the molecule is Cc1ccc2c(C(C)C)c(CCc3noc4cc(CCC(=O)O)c(C)cc34)sc2c1.Cc1ccc2c(C(C)C)c(CCc3noc4cc(OCC(=O)O)c(C)cc34)sc2c1. The first-order chi connectivity index (χ1) is 28.7. The molecule has 8 aromatic rings. The Morgan fingerprint density at radius 2 is 1.12 bits per heavy atom. The highest BCUT2D eigenvalue weighted by molar-refractivity contribution is 7.19. The summed E-state index contributed by atoms with van der Waals surface area (Å²) in [6.45, 7) is 16.8. The van der Waals surface area contributed by atoms with Crippen molar-refractivity contribution < 1.29 is 33.6 Å². The molecule has 0 aliphatic heterocycles. The largest absolute Gasteiger partial charge is 0.481 e. The van der Waals surface area contributed by atoms with E-state index in [1.54, 1.807) is 6.07 Å². The number of carboxylic acids is 2. The van der Waals surface area contributed by atoms with Crippen LogP contribution in [0, 0.1) is 27.7 Å². The Morgan fingerprint density at radius 3 is 1.60 bits per heavy atom. The lowest BCUT2D eigenvalue weighted by Crippen LogP contribution is -2.10. The Labute approximate surface area is 358 Å². The van der Waals surface area contributed by atoms with Gasteiger partial charge in [0.1, 0.15) is 5.75 Å². The van der Waals surface area contributed by atoms with E-state index in [0.717, 1.165) is 70.1 Å². The van der Waals surface area contributed by atoms with Gasteiger partial charge in [0.2, 0.25) is 0 Å². The molecule has 0 unspecified atom stereocenters. The van der Waals surface area contributed by atoms with E-state index >= 15 is 0 Å². The number of benzene rings is 4. The fraction of sp³-hybridized carbons (Fsp3) is 0.347. The van der Waals surface area contributed by atoms with Gasteiger partial charge in [-0.3, -0.25) is 4.79 Å². The van der Waals surface area contributed by atoms with Gasteiger partial charge in [0.25, 0.3) is 0 Å². The summed E-state index contributed by atoms with van der Waals surface area (Å²) in [6.07, 6.45) is 4.08. The average Bonchev–Trinajstić information content (AvgIpc) is 3.96. The van der Waals surface area contributed by atoms with Gasteiger partial charge in [-0.15, -0.1) is 22.7 Å². The second-order valence-corrected chi connectivity index (χ2v) is 18.7. The first-order valence-electron chi connectivity index (χ1n) is 20.5. The smallest absolute Gasteiger partial charge is 0.341 e. The van der Waals surface area contributed by atoms with Crippen LogP contribution in [0.15, 0.2) is 69.7 Å². The Balaban J connectivity index is 0.000000181. The van der Waals surface area contributed by atoms with Crippen molar-refractivity contribution in [1.82, 2.24) is 10.3 Å². The summed E-state index contributed by atoms with van der Waals surface area (Å²) in [6, 6.07) is 21.2. The number of carbonyl (C=O) groups is 2. The van der Waals surface area contributed by atoms with Crippen molar-refractivity contribution in [3.05, 3.63) is 121 Å². The van der Waals surface area contributed by atoms with E-state index in [0.29, 0.717) is 29.6 Å². The van der Waals surface area contributed by atoms with Gasteiger partial charge in [-0.05, 0) is 152 Å². The predicted molar refractivity (Wildman–Crippen MR) is 243 cm³/mol. The van der Waals surface area contributed by atoms with Gasteiger partial charge in [-0.1, -0.05) is 62.3 Å². The van der Waals surface area contributed by atoms with Crippen molar-refractivity contribution in [2.45, 2.75) is 106 Å². The number of rotatable bonds is 14. The minimum atomic E-state index is -1.01. The monoisotopic (exact) mass is 844 g/mol. The summed E-state index contributed by atoms with van der Waals surface area (Å²) in [5, 5.41) is 31.1. The molecule has 2 N–H and O–H groups in total. The second-order valence-electron chi connectivity index (χ2n) is 16.4. The number of nitrogens with zero attached hydrogens (tertiary/aromatic N) is 2. The summed E-state index contributed by atoms with van der Waals surface area (Å²) in [5.41, 5.74) is 11.7. The van der Waals surface area contributed by atoms with Crippen LogP contribution >= 0.6 is 22.7 Å². The van der Waals surface area contributed by atoms with Gasteiger partial charge < -0.3 is 24.0 Å². The van der Waals surface area contributed by atoms with Crippen molar-refractivity contribution in [2.24, 2.45) is 0 Å². The Kier molecular flexibility index (Phi) is 12.8. The normalized spacial score (nSPS) is 11.7. The van der Waals surface area contributed by atoms with Gasteiger partial charge >= 0.3 is 11.9 Å². The molecule has 8 rings (SSSR count). The number of aliphatic carboxylic acids is 2. The molecule has 9 nitrogen and oxygen atoms in total. The van der Waals surface area contributed by atoms with Gasteiger partial charge in [-0.2, -0.15) is 0 Å². The first kappa shape index (κ1) is 42.6. The van der Waals surface area contributed by atoms with E-state index in [1.807, 2.05) is 48.7 Å². The quantitative estimate of drug-likeness (QED) is 0.110. The lowest BCUT2D eigenvalue weighted by molar-refractivity contribution is -0.139. The molecule has 11 heteroatoms. The molecule has 0 bridgehead atoms. The van der Waals surface area contributed by atoms with Crippen LogP contribution in [0.2, 0.25) is 0 Å². The van der Waals surface area contributed by atoms with Crippen LogP contribution in [-0.2, 0) is 41.7 Å². The molecule has 312 valence electrons. The van der Waals surface area contributed by atoms with Crippen molar-refractivity contribution in [2.75, 3.05) is 6.61 Å². The highest BCUT2D eigenvalue weighted by atomic mass is 32.1. The van der Waals surface area contributed by atoms with Gasteiger partial charge in [0, 0.05) is 42.4 Å². The van der Waals surface area contributed by atoms with E-state index < -0.39 is 11.9 Å². The molecule has 0 atom stereocenters. The third-order valence-corrected chi connectivity index (χ3v) is 13.5. The number of aryl methyl sites for hydroxylation is 9. The summed E-state index contributed by atoms with van der Waals surface area (Å²) in [4.78, 5) is 24.5. The molecular formula is C49H52N2O7S2. The minimum absolute atomic E-state index is 0.122. The Hall–Kier alpha value is -5.52. The van der Waals surface area contributed by atoms with E-state index in [9.17, 15) is 9.59 Å². The number of fused-ring (bicyclic) bond motifs is 4. The molecule has 4 heterocycles. The van der Waals surface area contributed by atoms with Crippen molar-refractivity contribution in [1.29, 1.82) is 0 Å². The molecule has 0 radical (unpaired) electrons. The number of hydrogen-bond acceptors (Lipinski definition) is 9. The fourth-order valence-corrected chi connectivity index (χ4v) is 11.0. The first-order valence-corrected chi connectivity index (χ1v) is 22.2. The minimum Gasteiger partial charge on any atom is -0.481 e. The maximum atomic E-state index is 10.9. The highest BCUT2D eigenvalue weighted by Gasteiger charge is 2.20. The number of hydrogen-bond donors (Lipinski definition) is 2. The van der Waals surface area contributed by atoms with Crippen molar-refractivity contribution >= 4 is 76.7 Å². The van der Waals surface area contributed by atoms with E-state index in [-0.39, 0.29) is 13.0 Å². The molecule has 4 aromatic carbocycles. The van der Waals surface area contributed by atoms with Crippen molar-refractivity contribution in [3.8, 4) is 5.75 Å². The summed E-state index contributed by atoms with van der Waals surface area (Å²) >= 11 is 3.77. The fourth-order valence-electron chi connectivity index (χ4n) is 8.13. The van der Waals surface area contributed by atoms with E-state index in [4.69, 9.17) is 24.0 Å². The van der Waals surface area contributed by atoms with E-state index in [2.05, 4.69) is 94.3 Å². The number of carboxylic acid groups (broad SMARTS) is 2. The van der Waals surface area contributed by atoms with E-state index in [1.165, 1.54) is 52.2 Å². The van der Waals surface area contributed by atoms with Crippen LogP contribution < -0.4 is 4.74 Å².